The summed E-state index contributed by atoms with van der Waals surface area (Å²) in [5.74, 6) is -0.0313. The van der Waals surface area contributed by atoms with Gasteiger partial charge in [-0.05, 0) is 30.0 Å². The van der Waals surface area contributed by atoms with Crippen LogP contribution in [0.3, 0.4) is 0 Å². The maximum absolute atomic E-state index is 12.0. The predicted molar refractivity (Wildman–Crippen MR) is 70.2 cm³/mol. The molecule has 0 aliphatic rings. The topological polar surface area (TPSA) is 44.9 Å². The van der Waals surface area contributed by atoms with Crippen LogP contribution in [-0.2, 0) is 6.54 Å². The number of amides is 1. The summed E-state index contributed by atoms with van der Waals surface area (Å²) in [5.41, 5.74) is 1.80. The van der Waals surface area contributed by atoms with Gasteiger partial charge in [0.05, 0.1) is 5.56 Å². The highest BCUT2D eigenvalue weighted by molar-refractivity contribution is 7.98. The summed E-state index contributed by atoms with van der Waals surface area (Å²) < 4.78 is 0. The molecule has 0 saturated heterocycles. The van der Waals surface area contributed by atoms with Gasteiger partial charge in [-0.15, -0.1) is 11.8 Å². The van der Waals surface area contributed by atoms with E-state index < -0.39 is 0 Å². The summed E-state index contributed by atoms with van der Waals surface area (Å²) in [6, 6.07) is 9.56. The van der Waals surface area contributed by atoms with Crippen LogP contribution in [-0.4, -0.2) is 17.1 Å². The molecule has 17 heavy (non-hydrogen) atoms. The van der Waals surface area contributed by atoms with Crippen molar-refractivity contribution in [2.24, 2.45) is 0 Å². The van der Waals surface area contributed by atoms with Crippen molar-refractivity contribution in [1.29, 1.82) is 0 Å². The molecule has 0 aliphatic heterocycles. The SMILES string of the molecule is CSc1ccccc1C(=O)NCc1cc[nH]c1. The van der Waals surface area contributed by atoms with Crippen molar-refractivity contribution in [2.45, 2.75) is 11.4 Å². The Morgan fingerprint density at radius 2 is 2.18 bits per heavy atom. The molecule has 2 N–H and O–H groups in total. The van der Waals surface area contributed by atoms with Crippen LogP contribution in [0.1, 0.15) is 15.9 Å². The van der Waals surface area contributed by atoms with E-state index in [1.54, 1.807) is 11.8 Å². The minimum absolute atomic E-state index is 0.0313. The largest absolute Gasteiger partial charge is 0.367 e. The van der Waals surface area contributed by atoms with Gasteiger partial charge in [-0.3, -0.25) is 4.79 Å². The molecule has 3 nitrogen and oxygen atoms in total. The lowest BCUT2D eigenvalue weighted by Gasteiger charge is -2.07. The maximum Gasteiger partial charge on any atom is 0.252 e. The predicted octanol–water partition coefficient (Wildman–Crippen LogP) is 2.67. The molecule has 0 fully saturated rings. The Bertz CT molecular complexity index is 494. The molecule has 88 valence electrons. The average molecular weight is 246 g/mol. The molecule has 1 aromatic carbocycles. The molecular formula is C13H14N2OS. The minimum Gasteiger partial charge on any atom is -0.367 e. The van der Waals surface area contributed by atoms with Crippen LogP contribution in [0.25, 0.3) is 0 Å². The smallest absolute Gasteiger partial charge is 0.252 e. The van der Waals surface area contributed by atoms with Crippen LogP contribution in [0.4, 0.5) is 0 Å². The van der Waals surface area contributed by atoms with E-state index >= 15 is 0 Å². The van der Waals surface area contributed by atoms with E-state index in [9.17, 15) is 4.79 Å². The lowest BCUT2D eigenvalue weighted by Crippen LogP contribution is -2.23. The van der Waals surface area contributed by atoms with Gasteiger partial charge < -0.3 is 10.3 Å². The Labute approximate surface area is 105 Å². The fourth-order valence-electron chi connectivity index (χ4n) is 1.58. The van der Waals surface area contributed by atoms with E-state index in [4.69, 9.17) is 0 Å². The molecule has 0 spiro atoms. The number of nitrogens with one attached hydrogen (secondary N) is 2. The van der Waals surface area contributed by atoms with Crippen molar-refractivity contribution < 1.29 is 4.79 Å². The molecule has 0 radical (unpaired) electrons. The number of carbonyl (C=O) groups excluding carboxylic acids is 1. The van der Waals surface area contributed by atoms with E-state index in [0.29, 0.717) is 6.54 Å². The number of hydrogen-bond donors (Lipinski definition) is 2. The second-order valence-electron chi connectivity index (χ2n) is 3.60. The van der Waals surface area contributed by atoms with Crippen molar-refractivity contribution in [3.05, 3.63) is 53.9 Å². The summed E-state index contributed by atoms with van der Waals surface area (Å²) >= 11 is 1.58. The van der Waals surface area contributed by atoms with E-state index in [1.165, 1.54) is 0 Å². The van der Waals surface area contributed by atoms with E-state index in [-0.39, 0.29) is 5.91 Å². The van der Waals surface area contributed by atoms with Crippen LogP contribution in [0.2, 0.25) is 0 Å². The number of carbonyl (C=O) groups is 1. The first kappa shape index (κ1) is 11.8. The van der Waals surface area contributed by atoms with Gasteiger partial charge in [0, 0.05) is 23.8 Å². The molecule has 0 aliphatic carbocycles. The minimum atomic E-state index is -0.0313. The van der Waals surface area contributed by atoms with Crippen LogP contribution in [0.5, 0.6) is 0 Å². The number of aromatic nitrogens is 1. The van der Waals surface area contributed by atoms with Gasteiger partial charge in [0.1, 0.15) is 0 Å². The summed E-state index contributed by atoms with van der Waals surface area (Å²) in [6.07, 6.45) is 5.69. The van der Waals surface area contributed by atoms with Crippen LogP contribution in [0, 0.1) is 0 Å². The van der Waals surface area contributed by atoms with E-state index in [0.717, 1.165) is 16.0 Å². The van der Waals surface area contributed by atoms with Gasteiger partial charge in [0.15, 0.2) is 0 Å². The molecule has 4 heteroatoms. The van der Waals surface area contributed by atoms with Crippen molar-refractivity contribution in [1.82, 2.24) is 10.3 Å². The van der Waals surface area contributed by atoms with Crippen molar-refractivity contribution in [3.8, 4) is 0 Å². The molecule has 0 unspecified atom stereocenters. The first-order valence-electron chi connectivity index (χ1n) is 5.34. The number of aromatic amines is 1. The normalized spacial score (nSPS) is 10.2. The highest BCUT2D eigenvalue weighted by Gasteiger charge is 2.09. The van der Waals surface area contributed by atoms with E-state index in [2.05, 4.69) is 10.3 Å². The van der Waals surface area contributed by atoms with Crippen LogP contribution < -0.4 is 5.32 Å². The molecule has 2 aromatic rings. The number of rotatable bonds is 4. The highest BCUT2D eigenvalue weighted by Crippen LogP contribution is 2.19. The van der Waals surface area contributed by atoms with Gasteiger partial charge in [0.25, 0.3) is 5.91 Å². The summed E-state index contributed by atoms with van der Waals surface area (Å²) in [7, 11) is 0. The molecule has 2 rings (SSSR count). The van der Waals surface area contributed by atoms with Gasteiger partial charge in [-0.2, -0.15) is 0 Å². The quantitative estimate of drug-likeness (QED) is 0.815. The third-order valence-electron chi connectivity index (χ3n) is 2.47. The molecule has 1 heterocycles. The number of hydrogen-bond acceptors (Lipinski definition) is 2. The number of benzene rings is 1. The zero-order valence-electron chi connectivity index (χ0n) is 9.57. The molecular weight excluding hydrogens is 232 g/mol. The zero-order valence-corrected chi connectivity index (χ0v) is 10.4. The van der Waals surface area contributed by atoms with Crippen molar-refractivity contribution >= 4 is 17.7 Å². The van der Waals surface area contributed by atoms with Crippen molar-refractivity contribution in [2.75, 3.05) is 6.26 Å². The fourth-order valence-corrected chi connectivity index (χ4v) is 2.17. The Morgan fingerprint density at radius 1 is 1.35 bits per heavy atom. The van der Waals surface area contributed by atoms with Gasteiger partial charge in [-0.1, -0.05) is 12.1 Å². The fraction of sp³-hybridized carbons (Fsp3) is 0.154. The van der Waals surface area contributed by atoms with Crippen LogP contribution in [0.15, 0.2) is 47.6 Å². The molecule has 0 bridgehead atoms. The Morgan fingerprint density at radius 3 is 2.88 bits per heavy atom. The average Bonchev–Trinajstić information content (AvgIpc) is 2.89. The maximum atomic E-state index is 12.0. The lowest BCUT2D eigenvalue weighted by atomic mass is 10.2. The third kappa shape index (κ3) is 2.91. The van der Waals surface area contributed by atoms with Gasteiger partial charge >= 0.3 is 0 Å². The standard InChI is InChI=1S/C13H14N2OS/c1-17-12-5-3-2-4-11(12)13(16)15-9-10-6-7-14-8-10/h2-8,14H,9H2,1H3,(H,15,16). The second-order valence-corrected chi connectivity index (χ2v) is 4.45. The van der Waals surface area contributed by atoms with Gasteiger partial charge in [-0.25, -0.2) is 0 Å². The van der Waals surface area contributed by atoms with E-state index in [1.807, 2.05) is 49.0 Å². The van der Waals surface area contributed by atoms with Crippen LogP contribution >= 0.6 is 11.8 Å². The van der Waals surface area contributed by atoms with Gasteiger partial charge in [0.2, 0.25) is 0 Å². The molecule has 0 saturated carbocycles. The summed E-state index contributed by atoms with van der Waals surface area (Å²) in [5, 5.41) is 2.90. The summed E-state index contributed by atoms with van der Waals surface area (Å²) in [4.78, 5) is 15.9. The van der Waals surface area contributed by atoms with Crippen molar-refractivity contribution in [3.63, 3.8) is 0 Å². The molecule has 0 atom stereocenters. The lowest BCUT2D eigenvalue weighted by molar-refractivity contribution is 0.0948. The zero-order chi connectivity index (χ0) is 12.1. The second kappa shape index (κ2) is 5.59. The number of H-pyrrole nitrogens is 1. The Balaban J connectivity index is 2.04. The summed E-state index contributed by atoms with van der Waals surface area (Å²) in [6.45, 7) is 0.547. The highest BCUT2D eigenvalue weighted by atomic mass is 32.2. The molecule has 1 aromatic heterocycles. The molecule has 1 amide bonds. The third-order valence-corrected chi connectivity index (χ3v) is 3.26. The number of thioether (sulfide) groups is 1. The first-order chi connectivity index (χ1) is 8.31. The Kier molecular flexibility index (Phi) is 3.88. The first-order valence-corrected chi connectivity index (χ1v) is 6.56. The monoisotopic (exact) mass is 246 g/mol. The Hall–Kier alpha value is -1.68.